The molecular formula is C6H9N3O. The molecule has 1 aromatic heterocycles. The van der Waals surface area contributed by atoms with Gasteiger partial charge in [-0.2, -0.15) is 0 Å². The van der Waals surface area contributed by atoms with Gasteiger partial charge in [0.2, 0.25) is 6.41 Å². The van der Waals surface area contributed by atoms with E-state index in [-0.39, 0.29) is 0 Å². The summed E-state index contributed by atoms with van der Waals surface area (Å²) >= 11 is 0. The highest BCUT2D eigenvalue weighted by Gasteiger charge is 1.97. The van der Waals surface area contributed by atoms with Gasteiger partial charge in [0, 0.05) is 24.5 Å². The fourth-order valence-electron chi connectivity index (χ4n) is 0.763. The Kier molecular flexibility index (Phi) is 2.07. The summed E-state index contributed by atoms with van der Waals surface area (Å²) < 4.78 is 0. The van der Waals surface area contributed by atoms with E-state index >= 15 is 0 Å². The second-order valence-electron chi connectivity index (χ2n) is 1.86. The zero-order valence-corrected chi connectivity index (χ0v) is 5.42. The molecule has 10 heavy (non-hydrogen) atoms. The van der Waals surface area contributed by atoms with Crippen LogP contribution in [-0.2, 0) is 11.3 Å². The van der Waals surface area contributed by atoms with Crippen molar-refractivity contribution in [1.29, 1.82) is 0 Å². The van der Waals surface area contributed by atoms with Gasteiger partial charge in [-0.15, -0.1) is 0 Å². The van der Waals surface area contributed by atoms with Gasteiger partial charge in [-0.3, -0.25) is 4.79 Å². The van der Waals surface area contributed by atoms with Crippen LogP contribution in [0.3, 0.4) is 0 Å². The van der Waals surface area contributed by atoms with Crippen LogP contribution in [0.4, 0.5) is 5.69 Å². The van der Waals surface area contributed by atoms with Crippen LogP contribution in [0.2, 0.25) is 0 Å². The predicted octanol–water partition coefficient (Wildman–Crippen LogP) is 0.0417. The Morgan fingerprint density at radius 2 is 2.50 bits per heavy atom. The Balaban J connectivity index is 2.79. The van der Waals surface area contributed by atoms with Crippen LogP contribution in [0.25, 0.3) is 0 Å². The maximum Gasteiger partial charge on any atom is 0.211 e. The summed E-state index contributed by atoms with van der Waals surface area (Å²) in [6.07, 6.45) is 4.07. The average Bonchev–Trinajstić information content (AvgIpc) is 2.36. The number of hydrogen-bond donors (Lipinski definition) is 3. The fraction of sp³-hybridized carbons (Fsp3) is 0.167. The molecule has 54 valence electrons. The number of carbonyl (C=O) groups is 1. The summed E-state index contributed by atoms with van der Waals surface area (Å²) in [5, 5.41) is 2.52. The van der Waals surface area contributed by atoms with Gasteiger partial charge in [-0.25, -0.2) is 0 Å². The van der Waals surface area contributed by atoms with E-state index in [0.717, 1.165) is 11.3 Å². The lowest BCUT2D eigenvalue weighted by molar-refractivity contribution is -0.105. The first-order valence-corrected chi connectivity index (χ1v) is 2.94. The molecule has 0 fully saturated rings. The molecule has 4 heteroatoms. The molecule has 0 aliphatic rings. The van der Waals surface area contributed by atoms with E-state index in [1.54, 1.807) is 12.4 Å². The van der Waals surface area contributed by atoms with Gasteiger partial charge < -0.3 is 16.0 Å². The highest BCUT2D eigenvalue weighted by molar-refractivity contribution is 5.72. The minimum Gasteiger partial charge on any atom is -0.365 e. The normalized spacial score (nSPS) is 9.30. The number of H-pyrrole nitrogens is 1. The van der Waals surface area contributed by atoms with Crippen LogP contribution >= 0.6 is 0 Å². The van der Waals surface area contributed by atoms with Crippen molar-refractivity contribution >= 4 is 12.1 Å². The van der Waals surface area contributed by atoms with Gasteiger partial charge in [0.15, 0.2) is 0 Å². The lowest BCUT2D eigenvalue weighted by atomic mass is 10.3. The first kappa shape index (κ1) is 6.82. The highest BCUT2D eigenvalue weighted by atomic mass is 16.1. The van der Waals surface area contributed by atoms with Gasteiger partial charge in [0.1, 0.15) is 0 Å². The Labute approximate surface area is 58.4 Å². The molecule has 1 rings (SSSR count). The first-order chi connectivity index (χ1) is 4.88. The lowest BCUT2D eigenvalue weighted by Gasteiger charge is -1.95. The van der Waals surface area contributed by atoms with Crippen molar-refractivity contribution in [3.8, 4) is 0 Å². The van der Waals surface area contributed by atoms with Gasteiger partial charge in [0.25, 0.3) is 0 Å². The molecule has 0 aromatic carbocycles. The van der Waals surface area contributed by atoms with E-state index in [0.29, 0.717) is 13.0 Å². The summed E-state index contributed by atoms with van der Waals surface area (Å²) in [6.45, 7) is 0.430. The Morgan fingerprint density at radius 1 is 1.70 bits per heavy atom. The average molecular weight is 139 g/mol. The van der Waals surface area contributed by atoms with Gasteiger partial charge in [-0.05, 0) is 0 Å². The highest BCUT2D eigenvalue weighted by Crippen LogP contribution is 2.11. The minimum atomic E-state index is 0.430. The number of carbonyl (C=O) groups excluding carboxylic acids is 1. The van der Waals surface area contributed by atoms with E-state index in [9.17, 15) is 4.79 Å². The summed E-state index contributed by atoms with van der Waals surface area (Å²) in [6, 6.07) is 0. The topological polar surface area (TPSA) is 70.9 Å². The molecule has 0 spiro atoms. The van der Waals surface area contributed by atoms with Crippen LogP contribution in [0.15, 0.2) is 12.4 Å². The molecule has 0 aliphatic heterocycles. The predicted molar refractivity (Wildman–Crippen MR) is 38.4 cm³/mol. The van der Waals surface area contributed by atoms with Crippen molar-refractivity contribution in [2.24, 2.45) is 5.73 Å². The molecule has 0 aliphatic carbocycles. The molecule has 1 amide bonds. The number of hydrogen-bond acceptors (Lipinski definition) is 2. The van der Waals surface area contributed by atoms with Gasteiger partial charge in [-0.1, -0.05) is 0 Å². The summed E-state index contributed by atoms with van der Waals surface area (Å²) in [5.41, 5.74) is 7.01. The lowest BCUT2D eigenvalue weighted by Crippen LogP contribution is -2.00. The van der Waals surface area contributed by atoms with E-state index < -0.39 is 0 Å². The Morgan fingerprint density at radius 3 is 3.10 bits per heavy atom. The maximum atomic E-state index is 9.97. The zero-order valence-electron chi connectivity index (χ0n) is 5.42. The number of aromatic amines is 1. The SMILES string of the molecule is NCc1c[nH]cc1NC=O. The Bertz CT molecular complexity index is 219. The second kappa shape index (κ2) is 3.03. The third-order valence-corrected chi connectivity index (χ3v) is 1.27. The molecule has 0 saturated heterocycles. The van der Waals surface area contributed by atoms with Crippen molar-refractivity contribution in [3.05, 3.63) is 18.0 Å². The van der Waals surface area contributed by atoms with Crippen LogP contribution in [0.1, 0.15) is 5.56 Å². The first-order valence-electron chi connectivity index (χ1n) is 2.94. The van der Waals surface area contributed by atoms with Gasteiger partial charge >= 0.3 is 0 Å². The molecule has 0 radical (unpaired) electrons. The monoisotopic (exact) mass is 139 g/mol. The molecule has 4 nitrogen and oxygen atoms in total. The number of nitrogens with one attached hydrogen (secondary N) is 2. The molecule has 0 bridgehead atoms. The number of nitrogens with two attached hydrogens (primary N) is 1. The van der Waals surface area contributed by atoms with Crippen molar-refractivity contribution in [2.45, 2.75) is 6.54 Å². The standard InChI is InChI=1S/C6H9N3O/c7-1-5-2-8-3-6(5)9-4-10/h2-4,8H,1,7H2,(H,9,10). The smallest absolute Gasteiger partial charge is 0.211 e. The van der Waals surface area contributed by atoms with Crippen molar-refractivity contribution in [1.82, 2.24) is 4.98 Å². The third-order valence-electron chi connectivity index (χ3n) is 1.27. The molecular weight excluding hydrogens is 130 g/mol. The molecule has 0 atom stereocenters. The largest absolute Gasteiger partial charge is 0.365 e. The molecule has 0 unspecified atom stereocenters. The quantitative estimate of drug-likeness (QED) is 0.517. The van der Waals surface area contributed by atoms with E-state index in [1.165, 1.54) is 0 Å². The van der Waals surface area contributed by atoms with Crippen LogP contribution in [0.5, 0.6) is 0 Å². The van der Waals surface area contributed by atoms with Crippen molar-refractivity contribution < 1.29 is 4.79 Å². The zero-order chi connectivity index (χ0) is 7.40. The molecule has 1 heterocycles. The van der Waals surface area contributed by atoms with E-state index in [1.807, 2.05) is 0 Å². The van der Waals surface area contributed by atoms with Crippen LogP contribution < -0.4 is 11.1 Å². The maximum absolute atomic E-state index is 9.97. The summed E-state index contributed by atoms with van der Waals surface area (Å²) in [5.74, 6) is 0. The summed E-state index contributed by atoms with van der Waals surface area (Å²) in [4.78, 5) is 12.8. The van der Waals surface area contributed by atoms with Crippen molar-refractivity contribution in [2.75, 3.05) is 5.32 Å². The minimum absolute atomic E-state index is 0.430. The number of amides is 1. The van der Waals surface area contributed by atoms with Crippen molar-refractivity contribution in [3.63, 3.8) is 0 Å². The molecule has 4 N–H and O–H groups in total. The van der Waals surface area contributed by atoms with E-state index in [2.05, 4.69) is 10.3 Å². The molecule has 1 aromatic rings. The molecule has 0 saturated carbocycles. The fourth-order valence-corrected chi connectivity index (χ4v) is 0.763. The third kappa shape index (κ3) is 1.16. The van der Waals surface area contributed by atoms with Crippen LogP contribution in [0, 0.1) is 0 Å². The Hall–Kier alpha value is -1.29. The van der Waals surface area contributed by atoms with E-state index in [4.69, 9.17) is 5.73 Å². The van der Waals surface area contributed by atoms with Crippen LogP contribution in [-0.4, -0.2) is 11.4 Å². The van der Waals surface area contributed by atoms with Gasteiger partial charge in [0.05, 0.1) is 5.69 Å². The number of aromatic nitrogens is 1. The second-order valence-corrected chi connectivity index (χ2v) is 1.86. The number of anilines is 1. The number of rotatable bonds is 3. The summed E-state index contributed by atoms with van der Waals surface area (Å²) in [7, 11) is 0.